The number of aromatic nitrogens is 1. The summed E-state index contributed by atoms with van der Waals surface area (Å²) >= 11 is 5.82. The first-order chi connectivity index (χ1) is 11.5. The lowest BCUT2D eigenvalue weighted by atomic mass is 10.1. The largest absolute Gasteiger partial charge is 0.493 e. The van der Waals surface area contributed by atoms with Crippen molar-refractivity contribution in [3.8, 4) is 11.5 Å². The molecule has 1 aromatic heterocycles. The monoisotopic (exact) mass is 348 g/mol. The number of nitrogens with one attached hydrogen (secondary N) is 1. The highest BCUT2D eigenvalue weighted by Crippen LogP contribution is 2.30. The zero-order valence-electron chi connectivity index (χ0n) is 14.0. The van der Waals surface area contributed by atoms with Crippen LogP contribution in [0.4, 0.5) is 0 Å². The van der Waals surface area contributed by atoms with Gasteiger partial charge in [0, 0.05) is 11.8 Å². The summed E-state index contributed by atoms with van der Waals surface area (Å²) in [5.74, 6) is 1.13. The van der Waals surface area contributed by atoms with Gasteiger partial charge in [0.05, 0.1) is 19.8 Å². The number of methoxy groups -OCH3 is 1. The smallest absolute Gasteiger partial charge is 0.251 e. The first kappa shape index (κ1) is 18.1. The number of hydrogen-bond acceptors (Lipinski definition) is 4. The molecule has 0 unspecified atom stereocenters. The molecule has 128 valence electrons. The second kappa shape index (κ2) is 8.55. The zero-order chi connectivity index (χ0) is 17.5. The minimum absolute atomic E-state index is 0.196. The molecule has 1 N–H and O–H groups in total. The van der Waals surface area contributed by atoms with E-state index in [1.54, 1.807) is 13.2 Å². The van der Waals surface area contributed by atoms with Gasteiger partial charge in [0.15, 0.2) is 11.5 Å². The fraction of sp³-hybridized carbons (Fsp3) is 0.333. The minimum atomic E-state index is -0.211. The molecule has 2 aromatic rings. The van der Waals surface area contributed by atoms with Gasteiger partial charge in [-0.15, -0.1) is 0 Å². The second-order valence-electron chi connectivity index (χ2n) is 5.32. The average molecular weight is 349 g/mol. The molecular weight excluding hydrogens is 328 g/mol. The number of halogens is 1. The quantitative estimate of drug-likeness (QED) is 0.767. The van der Waals surface area contributed by atoms with E-state index < -0.39 is 0 Å². The van der Waals surface area contributed by atoms with Crippen molar-refractivity contribution in [2.45, 2.75) is 26.3 Å². The predicted molar refractivity (Wildman–Crippen MR) is 93.9 cm³/mol. The summed E-state index contributed by atoms with van der Waals surface area (Å²) in [6.07, 6.45) is 2.43. The summed E-state index contributed by atoms with van der Waals surface area (Å²) in [7, 11) is 1.60. The molecule has 0 saturated carbocycles. The van der Waals surface area contributed by atoms with Crippen LogP contribution in [0.15, 0.2) is 36.5 Å². The number of carbonyl (C=O) groups is 1. The van der Waals surface area contributed by atoms with Crippen molar-refractivity contribution in [1.29, 1.82) is 0 Å². The molecule has 1 atom stereocenters. The topological polar surface area (TPSA) is 60.5 Å². The van der Waals surface area contributed by atoms with Crippen LogP contribution in [0.1, 0.15) is 42.2 Å². The van der Waals surface area contributed by atoms with Crippen LogP contribution in [0.2, 0.25) is 5.15 Å². The van der Waals surface area contributed by atoms with Crippen LogP contribution in [-0.4, -0.2) is 24.6 Å². The molecule has 0 bridgehead atoms. The number of hydrogen-bond donors (Lipinski definition) is 1. The Labute approximate surface area is 147 Å². The van der Waals surface area contributed by atoms with Crippen LogP contribution in [0.3, 0.4) is 0 Å². The maximum Gasteiger partial charge on any atom is 0.251 e. The number of benzene rings is 1. The van der Waals surface area contributed by atoms with Gasteiger partial charge in [-0.2, -0.15) is 0 Å². The summed E-state index contributed by atoms with van der Waals surface area (Å²) in [5.41, 5.74) is 1.39. The summed E-state index contributed by atoms with van der Waals surface area (Å²) in [5, 5.41) is 3.22. The maximum atomic E-state index is 12.3. The van der Waals surface area contributed by atoms with E-state index in [0.29, 0.717) is 23.7 Å². The number of rotatable bonds is 7. The SMILES string of the molecule is CCCOc1ccc([C@H](C)NC(=O)c2ccnc(Cl)c2)cc1OC. The fourth-order valence-electron chi connectivity index (χ4n) is 2.19. The summed E-state index contributed by atoms with van der Waals surface area (Å²) in [6.45, 7) is 4.58. The van der Waals surface area contributed by atoms with E-state index in [0.717, 1.165) is 12.0 Å². The van der Waals surface area contributed by atoms with E-state index in [1.807, 2.05) is 32.0 Å². The number of pyridine rings is 1. The van der Waals surface area contributed by atoms with Gasteiger partial charge in [-0.05, 0) is 43.2 Å². The molecule has 0 aliphatic heterocycles. The highest BCUT2D eigenvalue weighted by atomic mass is 35.5. The molecule has 1 heterocycles. The van der Waals surface area contributed by atoms with Crippen molar-refractivity contribution >= 4 is 17.5 Å². The molecule has 5 nitrogen and oxygen atoms in total. The lowest BCUT2D eigenvalue weighted by Crippen LogP contribution is -2.26. The Morgan fingerprint density at radius 2 is 2.08 bits per heavy atom. The fourth-order valence-corrected chi connectivity index (χ4v) is 2.37. The Morgan fingerprint density at radius 1 is 1.29 bits per heavy atom. The number of nitrogens with zero attached hydrogens (tertiary/aromatic N) is 1. The van der Waals surface area contributed by atoms with Crippen LogP contribution in [0, 0.1) is 0 Å². The van der Waals surface area contributed by atoms with E-state index in [9.17, 15) is 4.79 Å². The van der Waals surface area contributed by atoms with Crippen molar-refractivity contribution in [1.82, 2.24) is 10.3 Å². The van der Waals surface area contributed by atoms with Crippen LogP contribution < -0.4 is 14.8 Å². The molecule has 1 amide bonds. The molecule has 0 fully saturated rings. The molecule has 0 radical (unpaired) electrons. The van der Waals surface area contributed by atoms with Crippen LogP contribution in [0.5, 0.6) is 11.5 Å². The second-order valence-corrected chi connectivity index (χ2v) is 5.71. The van der Waals surface area contributed by atoms with Gasteiger partial charge in [-0.1, -0.05) is 24.6 Å². The van der Waals surface area contributed by atoms with Gasteiger partial charge in [-0.25, -0.2) is 4.98 Å². The van der Waals surface area contributed by atoms with Crippen LogP contribution in [0.25, 0.3) is 0 Å². The summed E-state index contributed by atoms with van der Waals surface area (Å²) in [4.78, 5) is 16.2. The highest BCUT2D eigenvalue weighted by Gasteiger charge is 2.14. The van der Waals surface area contributed by atoms with Crippen LogP contribution in [-0.2, 0) is 0 Å². The van der Waals surface area contributed by atoms with E-state index in [1.165, 1.54) is 12.3 Å². The molecule has 1 aromatic carbocycles. The Hall–Kier alpha value is -2.27. The van der Waals surface area contributed by atoms with E-state index in [2.05, 4.69) is 10.3 Å². The Kier molecular flexibility index (Phi) is 6.44. The highest BCUT2D eigenvalue weighted by molar-refractivity contribution is 6.29. The van der Waals surface area contributed by atoms with Gasteiger partial charge >= 0.3 is 0 Å². The Bertz CT molecular complexity index is 706. The van der Waals surface area contributed by atoms with Gasteiger partial charge in [-0.3, -0.25) is 4.79 Å². The molecule has 6 heteroatoms. The first-order valence-corrected chi connectivity index (χ1v) is 8.16. The molecule has 0 saturated heterocycles. The van der Waals surface area contributed by atoms with E-state index in [-0.39, 0.29) is 17.1 Å². The van der Waals surface area contributed by atoms with Gasteiger partial charge < -0.3 is 14.8 Å². The van der Waals surface area contributed by atoms with Gasteiger partial charge in [0.25, 0.3) is 5.91 Å². The molecule has 0 aliphatic carbocycles. The maximum absolute atomic E-state index is 12.3. The zero-order valence-corrected chi connectivity index (χ0v) is 14.8. The van der Waals surface area contributed by atoms with E-state index in [4.69, 9.17) is 21.1 Å². The predicted octanol–water partition coefficient (Wildman–Crippen LogP) is 4.02. The number of carbonyl (C=O) groups excluding carboxylic acids is 1. The summed E-state index contributed by atoms with van der Waals surface area (Å²) < 4.78 is 11.0. The third kappa shape index (κ3) is 4.61. The molecule has 0 aliphatic rings. The molecular formula is C18H21ClN2O3. The standard InChI is InChI=1S/C18H21ClN2O3/c1-4-9-24-15-6-5-13(10-16(15)23-3)12(2)21-18(22)14-7-8-20-17(19)11-14/h5-8,10-12H,4,9H2,1-3H3,(H,21,22)/t12-/m0/s1. The van der Waals surface area contributed by atoms with Gasteiger partial charge in [0.2, 0.25) is 0 Å². The van der Waals surface area contributed by atoms with Crippen molar-refractivity contribution in [2.24, 2.45) is 0 Å². The number of amides is 1. The lowest BCUT2D eigenvalue weighted by molar-refractivity contribution is 0.0939. The van der Waals surface area contributed by atoms with E-state index >= 15 is 0 Å². The third-order valence-electron chi connectivity index (χ3n) is 3.49. The van der Waals surface area contributed by atoms with Crippen molar-refractivity contribution in [2.75, 3.05) is 13.7 Å². The summed E-state index contributed by atoms with van der Waals surface area (Å²) in [6, 6.07) is 8.60. The van der Waals surface area contributed by atoms with Crippen molar-refractivity contribution in [3.63, 3.8) is 0 Å². The van der Waals surface area contributed by atoms with Crippen molar-refractivity contribution in [3.05, 3.63) is 52.8 Å². The molecule has 24 heavy (non-hydrogen) atoms. The Balaban J connectivity index is 2.11. The lowest BCUT2D eigenvalue weighted by Gasteiger charge is -2.17. The first-order valence-electron chi connectivity index (χ1n) is 7.78. The molecule has 2 rings (SSSR count). The van der Waals surface area contributed by atoms with Crippen molar-refractivity contribution < 1.29 is 14.3 Å². The third-order valence-corrected chi connectivity index (χ3v) is 3.69. The number of ether oxygens (including phenoxy) is 2. The minimum Gasteiger partial charge on any atom is -0.493 e. The normalized spacial score (nSPS) is 11.7. The Morgan fingerprint density at radius 3 is 2.75 bits per heavy atom. The van der Waals surface area contributed by atoms with Crippen LogP contribution >= 0.6 is 11.6 Å². The van der Waals surface area contributed by atoms with Gasteiger partial charge in [0.1, 0.15) is 5.15 Å². The molecule has 0 spiro atoms. The average Bonchev–Trinajstić information content (AvgIpc) is 2.59.